The lowest BCUT2D eigenvalue weighted by molar-refractivity contribution is -0.136. The first-order chi connectivity index (χ1) is 7.46. The summed E-state index contributed by atoms with van der Waals surface area (Å²) in [5, 5.41) is 12.1. The first-order valence-corrected chi connectivity index (χ1v) is 6.53. The van der Waals surface area contributed by atoms with Crippen LogP contribution in [0.15, 0.2) is 4.52 Å². The molecule has 1 aliphatic rings. The highest BCUT2D eigenvalue weighted by atomic mass is 32.2. The maximum absolute atomic E-state index is 11.2. The first-order valence-electron chi connectivity index (χ1n) is 4.71. The molecule has 1 unspecified atom stereocenters. The molecule has 1 saturated heterocycles. The standard InChI is InChI=1S/C8H10N2O5S/c11-7(12)3-6-9-8(10-15-6)5-1-2-16(13,14)4-5/h5H,1-4H2,(H,11,12). The number of carbonyl (C=O) groups is 1. The number of aliphatic carboxylic acids is 1. The molecule has 0 radical (unpaired) electrons. The first kappa shape index (κ1) is 11.1. The van der Waals surface area contributed by atoms with Crippen LogP contribution in [-0.4, -0.2) is 41.1 Å². The molecule has 0 aliphatic carbocycles. The summed E-state index contributed by atoms with van der Waals surface area (Å²) in [6, 6.07) is 0. The number of nitrogens with zero attached hydrogens (tertiary/aromatic N) is 2. The van der Waals surface area contributed by atoms with E-state index in [1.165, 1.54) is 0 Å². The molecule has 1 fully saturated rings. The highest BCUT2D eigenvalue weighted by molar-refractivity contribution is 7.91. The number of carboxylic acids is 1. The van der Waals surface area contributed by atoms with Crippen LogP contribution >= 0.6 is 0 Å². The van der Waals surface area contributed by atoms with Crippen LogP contribution in [-0.2, 0) is 21.1 Å². The second-order valence-corrected chi connectivity index (χ2v) is 5.95. The Balaban J connectivity index is 2.11. The monoisotopic (exact) mass is 246 g/mol. The van der Waals surface area contributed by atoms with Gasteiger partial charge in [-0.3, -0.25) is 4.79 Å². The average molecular weight is 246 g/mol. The van der Waals surface area contributed by atoms with Crippen LogP contribution in [0.5, 0.6) is 0 Å². The van der Waals surface area contributed by atoms with E-state index in [2.05, 4.69) is 10.1 Å². The third-order valence-electron chi connectivity index (χ3n) is 2.38. The summed E-state index contributed by atoms with van der Waals surface area (Å²) in [4.78, 5) is 14.3. The largest absolute Gasteiger partial charge is 0.481 e. The number of carboxylic acid groups (broad SMARTS) is 1. The van der Waals surface area contributed by atoms with E-state index < -0.39 is 15.8 Å². The lowest BCUT2D eigenvalue weighted by Gasteiger charge is -1.97. The maximum atomic E-state index is 11.2. The Hall–Kier alpha value is -1.44. The molecule has 0 saturated carbocycles. The van der Waals surface area contributed by atoms with Crippen LogP contribution in [0, 0.1) is 0 Å². The van der Waals surface area contributed by atoms with Gasteiger partial charge in [0.05, 0.1) is 11.5 Å². The quantitative estimate of drug-likeness (QED) is 0.772. The summed E-state index contributed by atoms with van der Waals surface area (Å²) in [5.74, 6) is -0.894. The predicted octanol–water partition coefficient (Wildman–Crippen LogP) is -0.401. The van der Waals surface area contributed by atoms with E-state index >= 15 is 0 Å². The zero-order valence-electron chi connectivity index (χ0n) is 8.29. The summed E-state index contributed by atoms with van der Waals surface area (Å²) in [5.41, 5.74) is 0. The van der Waals surface area contributed by atoms with Gasteiger partial charge in [-0.2, -0.15) is 4.98 Å². The van der Waals surface area contributed by atoms with Gasteiger partial charge in [0.25, 0.3) is 0 Å². The minimum Gasteiger partial charge on any atom is -0.481 e. The van der Waals surface area contributed by atoms with Crippen molar-refractivity contribution < 1.29 is 22.8 Å². The molecule has 0 amide bonds. The fraction of sp³-hybridized carbons (Fsp3) is 0.625. The summed E-state index contributed by atoms with van der Waals surface area (Å²) >= 11 is 0. The fourth-order valence-corrected chi connectivity index (χ4v) is 3.37. The predicted molar refractivity (Wildman–Crippen MR) is 51.6 cm³/mol. The van der Waals surface area contributed by atoms with Gasteiger partial charge >= 0.3 is 5.97 Å². The summed E-state index contributed by atoms with van der Waals surface area (Å²) in [6.45, 7) is 0. The van der Waals surface area contributed by atoms with Crippen LogP contribution in [0.3, 0.4) is 0 Å². The lowest BCUT2D eigenvalue weighted by Crippen LogP contribution is -2.05. The number of rotatable bonds is 3. The van der Waals surface area contributed by atoms with E-state index in [1.54, 1.807) is 0 Å². The Labute approximate surface area is 91.4 Å². The molecule has 8 heteroatoms. The van der Waals surface area contributed by atoms with Gasteiger partial charge in [0.15, 0.2) is 15.7 Å². The van der Waals surface area contributed by atoms with Crippen molar-refractivity contribution in [3.05, 3.63) is 11.7 Å². The second-order valence-electron chi connectivity index (χ2n) is 3.72. The Kier molecular flexibility index (Phi) is 2.66. The molecular formula is C8H10N2O5S. The zero-order valence-corrected chi connectivity index (χ0v) is 9.11. The number of sulfone groups is 1. The minimum absolute atomic E-state index is 0.00629. The molecule has 7 nitrogen and oxygen atoms in total. The van der Waals surface area contributed by atoms with Crippen molar-refractivity contribution in [2.75, 3.05) is 11.5 Å². The van der Waals surface area contributed by atoms with Gasteiger partial charge in [-0.15, -0.1) is 0 Å². The Morgan fingerprint density at radius 2 is 2.31 bits per heavy atom. The molecule has 0 bridgehead atoms. The van der Waals surface area contributed by atoms with Crippen molar-refractivity contribution in [2.24, 2.45) is 0 Å². The smallest absolute Gasteiger partial charge is 0.312 e. The van der Waals surface area contributed by atoms with E-state index in [1.807, 2.05) is 0 Å². The van der Waals surface area contributed by atoms with Crippen molar-refractivity contribution in [2.45, 2.75) is 18.8 Å². The number of aromatic nitrogens is 2. The van der Waals surface area contributed by atoms with E-state index in [-0.39, 0.29) is 35.6 Å². The third kappa shape index (κ3) is 2.38. The molecule has 2 heterocycles. The topological polar surface area (TPSA) is 110 Å². The molecule has 0 spiro atoms. The summed E-state index contributed by atoms with van der Waals surface area (Å²) in [7, 11) is -3.00. The van der Waals surface area contributed by atoms with E-state index in [9.17, 15) is 13.2 Å². The SMILES string of the molecule is O=C(O)Cc1nc(C2CCS(=O)(=O)C2)no1. The molecule has 0 aromatic carbocycles. The van der Waals surface area contributed by atoms with Gasteiger partial charge in [0, 0.05) is 5.92 Å². The Bertz CT molecular complexity index is 506. The van der Waals surface area contributed by atoms with E-state index in [0.717, 1.165) is 0 Å². The molecule has 1 aliphatic heterocycles. The second kappa shape index (κ2) is 3.85. The molecule has 16 heavy (non-hydrogen) atoms. The van der Waals surface area contributed by atoms with Gasteiger partial charge in [0.2, 0.25) is 5.89 Å². The third-order valence-corrected chi connectivity index (χ3v) is 4.15. The summed E-state index contributed by atoms with van der Waals surface area (Å²) in [6.07, 6.45) is 0.126. The van der Waals surface area contributed by atoms with Gasteiger partial charge < -0.3 is 9.63 Å². The lowest BCUT2D eigenvalue weighted by atomic mass is 10.1. The van der Waals surface area contributed by atoms with Crippen molar-refractivity contribution in [1.29, 1.82) is 0 Å². The van der Waals surface area contributed by atoms with Gasteiger partial charge in [-0.25, -0.2) is 8.42 Å². The summed E-state index contributed by atoms with van der Waals surface area (Å²) < 4.78 is 27.2. The molecule has 1 aromatic heterocycles. The van der Waals surface area contributed by atoms with Crippen LogP contribution in [0.1, 0.15) is 24.1 Å². The van der Waals surface area contributed by atoms with Crippen molar-refractivity contribution in [1.82, 2.24) is 10.1 Å². The van der Waals surface area contributed by atoms with E-state index in [0.29, 0.717) is 6.42 Å². The van der Waals surface area contributed by atoms with Gasteiger partial charge in [0.1, 0.15) is 6.42 Å². The molecule has 88 valence electrons. The van der Waals surface area contributed by atoms with Gasteiger partial charge in [-0.05, 0) is 6.42 Å². The van der Waals surface area contributed by atoms with Crippen LogP contribution in [0.2, 0.25) is 0 Å². The number of hydrogen-bond acceptors (Lipinski definition) is 6. The average Bonchev–Trinajstić information content (AvgIpc) is 2.71. The zero-order chi connectivity index (χ0) is 11.8. The van der Waals surface area contributed by atoms with Crippen molar-refractivity contribution in [3.63, 3.8) is 0 Å². The highest BCUT2D eigenvalue weighted by Crippen LogP contribution is 2.26. The van der Waals surface area contributed by atoms with Crippen LogP contribution in [0.4, 0.5) is 0 Å². The van der Waals surface area contributed by atoms with Gasteiger partial charge in [-0.1, -0.05) is 5.16 Å². The molecule has 1 N–H and O–H groups in total. The maximum Gasteiger partial charge on any atom is 0.312 e. The Morgan fingerprint density at radius 3 is 2.88 bits per heavy atom. The Morgan fingerprint density at radius 1 is 1.56 bits per heavy atom. The van der Waals surface area contributed by atoms with Crippen LogP contribution < -0.4 is 0 Å². The highest BCUT2D eigenvalue weighted by Gasteiger charge is 2.32. The molecular weight excluding hydrogens is 236 g/mol. The fourth-order valence-electron chi connectivity index (χ4n) is 1.63. The van der Waals surface area contributed by atoms with Crippen molar-refractivity contribution in [3.8, 4) is 0 Å². The molecule has 1 aromatic rings. The van der Waals surface area contributed by atoms with Crippen LogP contribution in [0.25, 0.3) is 0 Å². The minimum atomic E-state index is -3.00. The van der Waals surface area contributed by atoms with Crippen molar-refractivity contribution >= 4 is 15.8 Å². The van der Waals surface area contributed by atoms with E-state index in [4.69, 9.17) is 9.63 Å². The molecule has 2 rings (SSSR count). The molecule has 1 atom stereocenters. The normalized spacial score (nSPS) is 23.4. The number of hydrogen-bond donors (Lipinski definition) is 1.